The average molecular weight is 337 g/mol. The van der Waals surface area contributed by atoms with Crippen LogP contribution < -0.4 is 16.5 Å². The summed E-state index contributed by atoms with van der Waals surface area (Å²) in [5.41, 5.74) is 3.75. The van der Waals surface area contributed by atoms with E-state index in [1.54, 1.807) is 6.92 Å². The molecule has 1 aromatic carbocycles. The molecule has 8 heteroatoms. The van der Waals surface area contributed by atoms with E-state index < -0.39 is 28.6 Å². The Morgan fingerprint density at radius 1 is 1.50 bits per heavy atom. The van der Waals surface area contributed by atoms with E-state index >= 15 is 0 Å². The van der Waals surface area contributed by atoms with Gasteiger partial charge < -0.3 is 20.7 Å². The minimum atomic E-state index is -1.42. The normalized spacial score (nSPS) is 15.5. The predicted molar refractivity (Wildman–Crippen MR) is 85.5 cm³/mol. The number of aromatic carboxylic acids is 1. The summed E-state index contributed by atoms with van der Waals surface area (Å²) in [6.45, 7) is 1.84. The van der Waals surface area contributed by atoms with Gasteiger partial charge in [0, 0.05) is 24.8 Å². The summed E-state index contributed by atoms with van der Waals surface area (Å²) >= 11 is 0. The van der Waals surface area contributed by atoms with E-state index in [9.17, 15) is 18.4 Å². The van der Waals surface area contributed by atoms with Crippen LogP contribution in [-0.4, -0.2) is 28.2 Å². The van der Waals surface area contributed by atoms with E-state index in [1.807, 2.05) is 0 Å². The summed E-state index contributed by atoms with van der Waals surface area (Å²) in [5.74, 6) is -3.29. The molecule has 128 valence electrons. The molecule has 24 heavy (non-hydrogen) atoms. The maximum Gasteiger partial charge on any atom is 0.341 e. The molecular weight excluding hydrogens is 320 g/mol. The van der Waals surface area contributed by atoms with Crippen molar-refractivity contribution in [1.29, 1.82) is 0 Å². The number of carboxylic acid groups (broad SMARTS) is 1. The maximum absolute atomic E-state index is 14.9. The van der Waals surface area contributed by atoms with Crippen molar-refractivity contribution in [3.05, 3.63) is 39.7 Å². The zero-order chi connectivity index (χ0) is 17.6. The van der Waals surface area contributed by atoms with Crippen molar-refractivity contribution in [2.24, 2.45) is 5.73 Å². The van der Waals surface area contributed by atoms with Crippen LogP contribution in [0.15, 0.2) is 17.1 Å². The molecule has 1 fully saturated rings. The highest BCUT2D eigenvalue weighted by Gasteiger charge is 2.29. The van der Waals surface area contributed by atoms with Crippen molar-refractivity contribution < 1.29 is 18.7 Å². The highest BCUT2D eigenvalue weighted by Crippen LogP contribution is 2.39. The van der Waals surface area contributed by atoms with Crippen LogP contribution in [0.4, 0.5) is 14.5 Å². The van der Waals surface area contributed by atoms with Crippen molar-refractivity contribution in [3.8, 4) is 0 Å². The first-order chi connectivity index (χ1) is 11.3. The fraction of sp³-hybridized carbons (Fsp3) is 0.375. The lowest BCUT2D eigenvalue weighted by Gasteiger charge is -2.16. The number of aromatic nitrogens is 1. The molecule has 1 aromatic heterocycles. The molecule has 2 aromatic rings. The second-order valence-electron chi connectivity index (χ2n) is 6.12. The van der Waals surface area contributed by atoms with E-state index in [1.165, 1.54) is 4.57 Å². The van der Waals surface area contributed by atoms with Crippen LogP contribution in [-0.2, 0) is 0 Å². The van der Waals surface area contributed by atoms with Gasteiger partial charge in [0.05, 0.1) is 10.9 Å². The lowest BCUT2D eigenvalue weighted by molar-refractivity contribution is 0.0695. The summed E-state index contributed by atoms with van der Waals surface area (Å²) in [5, 5.41) is 11.5. The van der Waals surface area contributed by atoms with Crippen LogP contribution in [0.2, 0.25) is 0 Å². The fourth-order valence-electron chi connectivity index (χ4n) is 2.66. The molecule has 3 rings (SSSR count). The number of pyridine rings is 1. The van der Waals surface area contributed by atoms with E-state index in [0.717, 1.165) is 25.1 Å². The van der Waals surface area contributed by atoms with Gasteiger partial charge in [-0.1, -0.05) is 0 Å². The Bertz CT molecular complexity index is 888. The van der Waals surface area contributed by atoms with Crippen molar-refractivity contribution in [1.82, 2.24) is 4.57 Å². The topological polar surface area (TPSA) is 97.3 Å². The molecule has 1 heterocycles. The molecule has 1 atom stereocenters. The Morgan fingerprint density at radius 3 is 2.71 bits per heavy atom. The first-order valence-electron chi connectivity index (χ1n) is 7.60. The van der Waals surface area contributed by atoms with E-state index in [0.29, 0.717) is 0 Å². The average Bonchev–Trinajstić information content (AvgIpc) is 3.32. The van der Waals surface area contributed by atoms with Crippen molar-refractivity contribution in [2.45, 2.75) is 31.8 Å². The van der Waals surface area contributed by atoms with Gasteiger partial charge in [0.15, 0.2) is 5.82 Å². The zero-order valence-corrected chi connectivity index (χ0v) is 13.0. The number of benzene rings is 1. The number of hydrogen-bond donors (Lipinski definition) is 3. The summed E-state index contributed by atoms with van der Waals surface area (Å²) in [4.78, 5) is 23.5. The minimum Gasteiger partial charge on any atom is -0.477 e. The number of nitrogens with two attached hydrogens (primary N) is 1. The second-order valence-corrected chi connectivity index (χ2v) is 6.12. The molecule has 0 spiro atoms. The quantitative estimate of drug-likeness (QED) is 0.776. The summed E-state index contributed by atoms with van der Waals surface area (Å²) in [6, 6.07) is 0.474. The fourth-order valence-corrected chi connectivity index (χ4v) is 2.66. The largest absolute Gasteiger partial charge is 0.477 e. The molecular formula is C16H17F2N3O3. The Balaban J connectivity index is 2.30. The van der Waals surface area contributed by atoms with E-state index in [2.05, 4.69) is 5.32 Å². The summed E-state index contributed by atoms with van der Waals surface area (Å²) in [7, 11) is 0. The molecule has 0 unspecified atom stereocenters. The third-order valence-corrected chi connectivity index (χ3v) is 3.98. The highest BCUT2D eigenvalue weighted by atomic mass is 19.1. The van der Waals surface area contributed by atoms with Gasteiger partial charge in [-0.05, 0) is 25.8 Å². The van der Waals surface area contributed by atoms with Crippen LogP contribution >= 0.6 is 0 Å². The molecule has 0 bridgehead atoms. The molecule has 6 nitrogen and oxygen atoms in total. The van der Waals surface area contributed by atoms with Gasteiger partial charge in [0.1, 0.15) is 17.1 Å². The van der Waals surface area contributed by atoms with Gasteiger partial charge in [-0.2, -0.15) is 0 Å². The van der Waals surface area contributed by atoms with Gasteiger partial charge in [-0.3, -0.25) is 4.79 Å². The first kappa shape index (κ1) is 16.4. The van der Waals surface area contributed by atoms with Gasteiger partial charge in [-0.15, -0.1) is 0 Å². The molecule has 0 aliphatic heterocycles. The Labute approximate surface area is 135 Å². The molecule has 1 saturated carbocycles. The molecule has 0 amide bonds. The van der Waals surface area contributed by atoms with Crippen LogP contribution in [0.5, 0.6) is 0 Å². The Kier molecular flexibility index (Phi) is 4.00. The standard InChI is InChI=1S/C16H17F2N3O3/c1-7(19)5-20-13-11(17)4-9-14(12(13)18)21(8-2-3-8)6-10(15(9)22)16(23)24/h4,6-8,20H,2-3,5,19H2,1H3,(H,23,24)/t7-/m1/s1. The number of carbonyl (C=O) groups is 1. The number of rotatable bonds is 5. The Hall–Kier alpha value is -2.48. The number of halogens is 2. The van der Waals surface area contributed by atoms with E-state index in [4.69, 9.17) is 10.8 Å². The number of nitrogens with zero attached hydrogens (tertiary/aromatic N) is 1. The summed E-state index contributed by atoms with van der Waals surface area (Å²) in [6.07, 6.45) is 2.63. The third-order valence-electron chi connectivity index (χ3n) is 3.98. The van der Waals surface area contributed by atoms with Crippen LogP contribution in [0.3, 0.4) is 0 Å². The monoisotopic (exact) mass is 337 g/mol. The molecule has 0 radical (unpaired) electrons. The third kappa shape index (κ3) is 2.73. The van der Waals surface area contributed by atoms with Gasteiger partial charge in [0.2, 0.25) is 5.43 Å². The SMILES string of the molecule is C[C@@H](N)CNc1c(F)cc2c(=O)c(C(=O)O)cn(C3CC3)c2c1F. The number of anilines is 1. The maximum atomic E-state index is 14.9. The van der Waals surface area contributed by atoms with Gasteiger partial charge in [0.25, 0.3) is 0 Å². The predicted octanol–water partition coefficient (Wildman–Crippen LogP) is 2.07. The molecule has 0 saturated heterocycles. The number of carboxylic acids is 1. The molecule has 1 aliphatic carbocycles. The molecule has 1 aliphatic rings. The highest BCUT2D eigenvalue weighted by molar-refractivity contribution is 5.93. The lowest BCUT2D eigenvalue weighted by atomic mass is 10.1. The van der Waals surface area contributed by atoms with Crippen molar-refractivity contribution in [2.75, 3.05) is 11.9 Å². The zero-order valence-electron chi connectivity index (χ0n) is 13.0. The molecule has 4 N–H and O–H groups in total. The van der Waals surface area contributed by atoms with Gasteiger partial charge >= 0.3 is 5.97 Å². The summed E-state index contributed by atoms with van der Waals surface area (Å²) < 4.78 is 30.6. The van der Waals surface area contributed by atoms with Crippen LogP contribution in [0, 0.1) is 11.6 Å². The van der Waals surface area contributed by atoms with Gasteiger partial charge in [-0.25, -0.2) is 13.6 Å². The Morgan fingerprint density at radius 2 is 2.17 bits per heavy atom. The van der Waals surface area contributed by atoms with Crippen molar-refractivity contribution in [3.63, 3.8) is 0 Å². The van der Waals surface area contributed by atoms with Crippen molar-refractivity contribution >= 4 is 22.6 Å². The van der Waals surface area contributed by atoms with Crippen LogP contribution in [0.1, 0.15) is 36.2 Å². The first-order valence-corrected chi connectivity index (χ1v) is 7.60. The smallest absolute Gasteiger partial charge is 0.341 e. The van der Waals surface area contributed by atoms with Crippen LogP contribution in [0.25, 0.3) is 10.9 Å². The van der Waals surface area contributed by atoms with E-state index in [-0.39, 0.29) is 35.2 Å². The second kappa shape index (κ2) is 5.86. The lowest BCUT2D eigenvalue weighted by Crippen LogP contribution is -2.26. The number of nitrogens with one attached hydrogen (secondary N) is 1. The number of hydrogen-bond acceptors (Lipinski definition) is 4. The number of fused-ring (bicyclic) bond motifs is 1. The minimum absolute atomic E-state index is 0.0823.